The molecule has 1 aromatic carbocycles. The summed E-state index contributed by atoms with van der Waals surface area (Å²) in [5.74, 6) is 1.88. The molecule has 3 atom stereocenters. The number of nitrogens with two attached hydrogens (primary N) is 1. The molecule has 0 bridgehead atoms. The molecule has 1 aliphatic carbocycles. The molecular weight excluding hydrogens is 326 g/mol. The Labute approximate surface area is 136 Å². The molecule has 0 saturated heterocycles. The van der Waals surface area contributed by atoms with Crippen LogP contribution in [0.2, 0.25) is 0 Å². The smallest absolute Gasteiger partial charge is 0.126 e. The second-order valence-electron chi connectivity index (χ2n) is 6.86. The van der Waals surface area contributed by atoms with Gasteiger partial charge in [0.1, 0.15) is 11.4 Å². The van der Waals surface area contributed by atoms with Gasteiger partial charge in [-0.1, -0.05) is 48.2 Å². The molecule has 1 heterocycles. The lowest BCUT2D eigenvalue weighted by Gasteiger charge is -2.41. The highest BCUT2D eigenvalue weighted by Crippen LogP contribution is 2.46. The van der Waals surface area contributed by atoms with Crippen molar-refractivity contribution in [3.8, 4) is 5.75 Å². The van der Waals surface area contributed by atoms with Crippen LogP contribution in [-0.2, 0) is 0 Å². The van der Waals surface area contributed by atoms with Gasteiger partial charge in [-0.2, -0.15) is 0 Å². The Morgan fingerprint density at radius 2 is 2.19 bits per heavy atom. The van der Waals surface area contributed by atoms with Crippen LogP contribution >= 0.6 is 15.9 Å². The summed E-state index contributed by atoms with van der Waals surface area (Å²) in [6.07, 6.45) is 9.90. The molecule has 2 unspecified atom stereocenters. The number of hydrogen-bond donors (Lipinski definition) is 1. The average Bonchev–Trinajstić information content (AvgIpc) is 2.62. The largest absolute Gasteiger partial charge is 0.487 e. The van der Waals surface area contributed by atoms with Crippen molar-refractivity contribution in [2.75, 3.05) is 0 Å². The van der Waals surface area contributed by atoms with Crippen LogP contribution in [0.4, 0.5) is 0 Å². The Hall–Kier alpha value is -0.540. The summed E-state index contributed by atoms with van der Waals surface area (Å²) in [7, 11) is 0. The molecule has 0 amide bonds. The fraction of sp³-hybridized carbons (Fsp3) is 0.667. The molecule has 1 aliphatic heterocycles. The van der Waals surface area contributed by atoms with E-state index in [9.17, 15) is 0 Å². The molecule has 1 saturated carbocycles. The van der Waals surface area contributed by atoms with Crippen LogP contribution in [0.3, 0.4) is 0 Å². The first kappa shape index (κ1) is 15.4. The minimum absolute atomic E-state index is 0.0182. The Balaban J connectivity index is 1.80. The van der Waals surface area contributed by atoms with Crippen molar-refractivity contribution in [3.63, 3.8) is 0 Å². The van der Waals surface area contributed by atoms with E-state index < -0.39 is 0 Å². The molecule has 3 rings (SSSR count). The molecular formula is C18H26BrNO. The predicted molar refractivity (Wildman–Crippen MR) is 90.5 cm³/mol. The summed E-state index contributed by atoms with van der Waals surface area (Å²) in [6, 6.07) is 6.37. The van der Waals surface area contributed by atoms with E-state index in [2.05, 4.69) is 41.1 Å². The van der Waals surface area contributed by atoms with Gasteiger partial charge in [-0.3, -0.25) is 0 Å². The first-order valence-corrected chi connectivity index (χ1v) is 9.15. The summed E-state index contributed by atoms with van der Waals surface area (Å²) in [4.78, 5) is 0. The van der Waals surface area contributed by atoms with E-state index in [1.54, 1.807) is 0 Å². The fourth-order valence-electron chi connectivity index (χ4n) is 4.14. The van der Waals surface area contributed by atoms with Gasteiger partial charge in [-0.05, 0) is 43.7 Å². The molecule has 0 radical (unpaired) electrons. The number of fused-ring (bicyclic) bond motifs is 1. The van der Waals surface area contributed by atoms with E-state index in [1.807, 2.05) is 0 Å². The lowest BCUT2D eigenvalue weighted by molar-refractivity contribution is 0.0202. The van der Waals surface area contributed by atoms with Gasteiger partial charge in [0.05, 0.1) is 0 Å². The van der Waals surface area contributed by atoms with Gasteiger partial charge >= 0.3 is 0 Å². The van der Waals surface area contributed by atoms with E-state index in [0.29, 0.717) is 0 Å². The minimum Gasteiger partial charge on any atom is -0.487 e. The number of halogens is 1. The zero-order chi connectivity index (χ0) is 14.9. The van der Waals surface area contributed by atoms with Gasteiger partial charge in [0.2, 0.25) is 0 Å². The monoisotopic (exact) mass is 351 g/mol. The molecule has 2 nitrogen and oxygen atoms in total. The van der Waals surface area contributed by atoms with Crippen molar-refractivity contribution < 1.29 is 4.74 Å². The van der Waals surface area contributed by atoms with Crippen LogP contribution in [0.15, 0.2) is 22.7 Å². The van der Waals surface area contributed by atoms with Crippen molar-refractivity contribution in [1.29, 1.82) is 0 Å². The van der Waals surface area contributed by atoms with E-state index in [4.69, 9.17) is 10.5 Å². The number of rotatable bonds is 2. The summed E-state index contributed by atoms with van der Waals surface area (Å²) in [6.45, 7) is 2.29. The van der Waals surface area contributed by atoms with Crippen LogP contribution in [0, 0.1) is 5.92 Å². The first-order chi connectivity index (χ1) is 10.1. The SMILES string of the molecule is CCCC1CCCC2(CC1)C[C@H](N)c1ccc(Br)cc1O2. The number of benzene rings is 1. The fourth-order valence-corrected chi connectivity index (χ4v) is 4.48. The van der Waals surface area contributed by atoms with Gasteiger partial charge in [0, 0.05) is 22.5 Å². The molecule has 1 spiro atoms. The number of ether oxygens (including phenoxy) is 1. The van der Waals surface area contributed by atoms with Gasteiger partial charge in [-0.15, -0.1) is 0 Å². The third kappa shape index (κ3) is 3.29. The maximum absolute atomic E-state index is 6.51. The van der Waals surface area contributed by atoms with Crippen molar-refractivity contribution >= 4 is 15.9 Å². The molecule has 3 heteroatoms. The molecule has 1 fully saturated rings. The zero-order valence-corrected chi connectivity index (χ0v) is 14.5. The molecule has 2 aliphatic rings. The van der Waals surface area contributed by atoms with Crippen LogP contribution in [-0.4, -0.2) is 5.60 Å². The second kappa shape index (κ2) is 6.29. The lowest BCUT2D eigenvalue weighted by Crippen LogP contribution is -2.42. The maximum Gasteiger partial charge on any atom is 0.126 e. The van der Waals surface area contributed by atoms with Crippen LogP contribution in [0.25, 0.3) is 0 Å². The standard InChI is InChI=1S/C18H26BrNO/c1-2-4-13-5-3-9-18(10-8-13)12-16(20)15-7-6-14(19)11-17(15)21-18/h6-7,11,13,16H,2-5,8-10,12,20H2,1H3/t13?,16-,18?/m0/s1. The van der Waals surface area contributed by atoms with Crippen LogP contribution in [0.5, 0.6) is 5.75 Å². The predicted octanol–water partition coefficient (Wildman–Crippen LogP) is 5.35. The number of hydrogen-bond acceptors (Lipinski definition) is 2. The highest BCUT2D eigenvalue weighted by Gasteiger charge is 2.41. The second-order valence-corrected chi connectivity index (χ2v) is 7.78. The third-order valence-corrected chi connectivity index (χ3v) is 5.74. The Morgan fingerprint density at radius 3 is 3.00 bits per heavy atom. The highest BCUT2D eigenvalue weighted by molar-refractivity contribution is 9.10. The van der Waals surface area contributed by atoms with Crippen molar-refractivity contribution in [1.82, 2.24) is 0 Å². The van der Waals surface area contributed by atoms with E-state index in [-0.39, 0.29) is 11.6 Å². The van der Waals surface area contributed by atoms with Gasteiger partial charge in [0.25, 0.3) is 0 Å². The van der Waals surface area contributed by atoms with Crippen LogP contribution < -0.4 is 10.5 Å². The van der Waals surface area contributed by atoms with Crippen molar-refractivity contribution in [2.24, 2.45) is 11.7 Å². The van der Waals surface area contributed by atoms with Crippen molar-refractivity contribution in [2.45, 2.75) is 69.9 Å². The highest BCUT2D eigenvalue weighted by atomic mass is 79.9. The Morgan fingerprint density at radius 1 is 1.33 bits per heavy atom. The lowest BCUT2D eigenvalue weighted by atomic mass is 9.82. The maximum atomic E-state index is 6.51. The summed E-state index contributed by atoms with van der Waals surface area (Å²) >= 11 is 3.55. The van der Waals surface area contributed by atoms with Crippen molar-refractivity contribution in [3.05, 3.63) is 28.2 Å². The van der Waals surface area contributed by atoms with Gasteiger partial charge < -0.3 is 10.5 Å². The minimum atomic E-state index is -0.0182. The normalized spacial score (nSPS) is 32.3. The molecule has 1 aromatic rings. The topological polar surface area (TPSA) is 35.2 Å². The van der Waals surface area contributed by atoms with E-state index >= 15 is 0 Å². The molecule has 21 heavy (non-hydrogen) atoms. The summed E-state index contributed by atoms with van der Waals surface area (Å²) in [5, 5.41) is 0. The summed E-state index contributed by atoms with van der Waals surface area (Å²) in [5.41, 5.74) is 7.60. The van der Waals surface area contributed by atoms with Gasteiger partial charge in [-0.25, -0.2) is 0 Å². The molecule has 2 N–H and O–H groups in total. The molecule has 116 valence electrons. The van der Waals surface area contributed by atoms with E-state index in [0.717, 1.165) is 41.0 Å². The Bertz CT molecular complexity index is 504. The Kier molecular flexibility index (Phi) is 4.60. The van der Waals surface area contributed by atoms with Gasteiger partial charge in [0.15, 0.2) is 0 Å². The quantitative estimate of drug-likeness (QED) is 0.779. The zero-order valence-electron chi connectivity index (χ0n) is 12.9. The first-order valence-electron chi connectivity index (χ1n) is 8.36. The van der Waals surface area contributed by atoms with Crippen LogP contribution in [0.1, 0.15) is 69.9 Å². The molecule has 0 aromatic heterocycles. The summed E-state index contributed by atoms with van der Waals surface area (Å²) < 4.78 is 7.58. The van der Waals surface area contributed by atoms with E-state index in [1.165, 1.54) is 32.1 Å². The average molecular weight is 352 g/mol. The third-order valence-electron chi connectivity index (χ3n) is 5.24.